The van der Waals surface area contributed by atoms with Gasteiger partial charge in [0.05, 0.1) is 18.6 Å². The molecule has 0 aliphatic heterocycles. The zero-order chi connectivity index (χ0) is 12.2. The van der Waals surface area contributed by atoms with E-state index in [1.165, 1.54) is 11.1 Å². The first-order chi connectivity index (χ1) is 7.98. The number of fused-ring (bicyclic) bond motifs is 2. The van der Waals surface area contributed by atoms with E-state index in [1.807, 2.05) is 0 Å². The van der Waals surface area contributed by atoms with Gasteiger partial charge in [-0.1, -0.05) is 32.4 Å². The zero-order valence-corrected chi connectivity index (χ0v) is 10.7. The van der Waals surface area contributed by atoms with Crippen LogP contribution in [0.1, 0.15) is 44.4 Å². The summed E-state index contributed by atoms with van der Waals surface area (Å²) in [6.45, 7) is 6.77. The minimum Gasteiger partial charge on any atom is -0.472 e. The minimum atomic E-state index is -0.387. The molecule has 0 fully saturated rings. The molecule has 0 amide bonds. The van der Waals surface area contributed by atoms with Crippen molar-refractivity contribution < 1.29 is 9.52 Å². The van der Waals surface area contributed by atoms with Gasteiger partial charge in [0.2, 0.25) is 0 Å². The highest BCUT2D eigenvalue weighted by atomic mass is 16.3. The smallest absolute Gasteiger partial charge is 0.0963 e. The molecule has 3 unspecified atom stereocenters. The summed E-state index contributed by atoms with van der Waals surface area (Å²) in [6, 6.07) is 0. The van der Waals surface area contributed by atoms with Crippen LogP contribution >= 0.6 is 0 Å². The summed E-state index contributed by atoms with van der Waals surface area (Å²) in [5.74, 6) is 0.786. The molecule has 17 heavy (non-hydrogen) atoms. The summed E-state index contributed by atoms with van der Waals surface area (Å²) in [4.78, 5) is 0. The van der Waals surface area contributed by atoms with Crippen LogP contribution in [-0.2, 0) is 6.42 Å². The van der Waals surface area contributed by atoms with E-state index in [1.54, 1.807) is 12.5 Å². The second kappa shape index (κ2) is 3.49. The Morgan fingerprint density at radius 3 is 2.88 bits per heavy atom. The van der Waals surface area contributed by atoms with Gasteiger partial charge < -0.3 is 9.52 Å². The van der Waals surface area contributed by atoms with Crippen molar-refractivity contribution in [2.45, 2.75) is 39.7 Å². The molecule has 3 atom stereocenters. The van der Waals surface area contributed by atoms with Gasteiger partial charge in [-0.15, -0.1) is 0 Å². The molecule has 92 valence electrons. The van der Waals surface area contributed by atoms with E-state index in [4.69, 9.17) is 4.42 Å². The molecule has 0 saturated heterocycles. The maximum absolute atomic E-state index is 10.5. The Hall–Kier alpha value is -1.02. The van der Waals surface area contributed by atoms with Gasteiger partial charge in [0.25, 0.3) is 0 Å². The van der Waals surface area contributed by atoms with Crippen molar-refractivity contribution in [3.05, 3.63) is 35.3 Å². The molecule has 0 aromatic carbocycles. The fourth-order valence-corrected chi connectivity index (χ4v) is 3.53. The number of hydrogen-bond acceptors (Lipinski definition) is 2. The molecular formula is C15H20O2. The average Bonchev–Trinajstić information content (AvgIpc) is 2.79. The lowest BCUT2D eigenvalue weighted by atomic mass is 9.85. The van der Waals surface area contributed by atoms with Gasteiger partial charge in [-0.05, 0) is 29.7 Å². The lowest BCUT2D eigenvalue weighted by Crippen LogP contribution is -2.15. The van der Waals surface area contributed by atoms with Crippen molar-refractivity contribution in [2.75, 3.05) is 0 Å². The fraction of sp³-hybridized carbons (Fsp3) is 0.600. The maximum Gasteiger partial charge on any atom is 0.0963 e. The highest BCUT2D eigenvalue weighted by Crippen LogP contribution is 2.50. The topological polar surface area (TPSA) is 33.4 Å². The van der Waals surface area contributed by atoms with E-state index in [-0.39, 0.29) is 17.4 Å². The summed E-state index contributed by atoms with van der Waals surface area (Å²) in [5, 5.41) is 10.5. The van der Waals surface area contributed by atoms with Crippen LogP contribution in [0, 0.1) is 17.3 Å². The van der Waals surface area contributed by atoms with Gasteiger partial charge >= 0.3 is 0 Å². The summed E-state index contributed by atoms with van der Waals surface area (Å²) in [7, 11) is 0. The molecule has 3 rings (SSSR count). The Bertz CT molecular complexity index is 467. The van der Waals surface area contributed by atoms with E-state index in [2.05, 4.69) is 26.8 Å². The molecule has 2 heteroatoms. The van der Waals surface area contributed by atoms with Crippen LogP contribution in [0.3, 0.4) is 0 Å². The molecule has 0 radical (unpaired) electrons. The number of allylic oxidation sites excluding steroid dienone is 1. The van der Waals surface area contributed by atoms with Crippen molar-refractivity contribution >= 4 is 0 Å². The highest BCUT2D eigenvalue weighted by Gasteiger charge is 2.41. The lowest BCUT2D eigenvalue weighted by molar-refractivity contribution is 0.113. The molecule has 1 aromatic heterocycles. The Labute approximate surface area is 102 Å². The van der Waals surface area contributed by atoms with Gasteiger partial charge in [0.1, 0.15) is 0 Å². The first-order valence-corrected chi connectivity index (χ1v) is 6.43. The molecule has 2 aliphatic carbocycles. The van der Waals surface area contributed by atoms with E-state index in [0.717, 1.165) is 18.4 Å². The van der Waals surface area contributed by atoms with E-state index in [9.17, 15) is 5.11 Å². The maximum atomic E-state index is 10.5. The number of hydrogen-bond donors (Lipinski definition) is 1. The quantitative estimate of drug-likeness (QED) is 0.695. The Kier molecular flexibility index (Phi) is 2.27. The second-order valence-corrected chi connectivity index (χ2v) is 6.35. The van der Waals surface area contributed by atoms with Crippen molar-refractivity contribution in [2.24, 2.45) is 17.3 Å². The summed E-state index contributed by atoms with van der Waals surface area (Å²) >= 11 is 0. The van der Waals surface area contributed by atoms with Crippen LogP contribution in [-0.4, -0.2) is 5.11 Å². The third-order valence-corrected chi connectivity index (χ3v) is 4.30. The van der Waals surface area contributed by atoms with E-state index >= 15 is 0 Å². The van der Waals surface area contributed by atoms with Crippen LogP contribution in [0.5, 0.6) is 0 Å². The van der Waals surface area contributed by atoms with Crippen molar-refractivity contribution in [1.29, 1.82) is 0 Å². The molecule has 1 aromatic rings. The minimum absolute atomic E-state index is 0.219. The van der Waals surface area contributed by atoms with Gasteiger partial charge in [-0.2, -0.15) is 0 Å². The average molecular weight is 232 g/mol. The van der Waals surface area contributed by atoms with Crippen LogP contribution in [0.15, 0.2) is 28.6 Å². The third-order valence-electron chi connectivity index (χ3n) is 4.30. The summed E-state index contributed by atoms with van der Waals surface area (Å²) in [6.07, 6.45) is 7.54. The third kappa shape index (κ3) is 1.66. The molecule has 0 spiro atoms. The predicted octanol–water partition coefficient (Wildman–Crippen LogP) is 3.48. The van der Waals surface area contributed by atoms with Gasteiger partial charge in [-0.3, -0.25) is 0 Å². The Morgan fingerprint density at radius 1 is 1.35 bits per heavy atom. The van der Waals surface area contributed by atoms with Crippen LogP contribution in [0.25, 0.3) is 0 Å². The molecule has 0 saturated carbocycles. The summed E-state index contributed by atoms with van der Waals surface area (Å²) < 4.78 is 5.26. The summed E-state index contributed by atoms with van der Waals surface area (Å²) in [5.41, 5.74) is 3.84. The van der Waals surface area contributed by atoms with E-state index < -0.39 is 0 Å². The zero-order valence-electron chi connectivity index (χ0n) is 10.7. The normalized spacial score (nSPS) is 34.8. The Morgan fingerprint density at radius 2 is 2.12 bits per heavy atom. The molecule has 1 heterocycles. The first kappa shape index (κ1) is 11.1. The van der Waals surface area contributed by atoms with E-state index in [0.29, 0.717) is 5.92 Å². The van der Waals surface area contributed by atoms with Crippen molar-refractivity contribution in [3.63, 3.8) is 0 Å². The lowest BCUT2D eigenvalue weighted by Gasteiger charge is -2.23. The molecule has 1 N–H and O–H groups in total. The fourth-order valence-electron chi connectivity index (χ4n) is 3.53. The van der Waals surface area contributed by atoms with Gasteiger partial charge in [-0.25, -0.2) is 0 Å². The van der Waals surface area contributed by atoms with Crippen molar-refractivity contribution in [1.82, 2.24) is 0 Å². The van der Waals surface area contributed by atoms with Crippen LogP contribution in [0.4, 0.5) is 0 Å². The monoisotopic (exact) mass is 232 g/mol. The number of aliphatic hydroxyl groups is 1. The molecular weight excluding hydrogens is 212 g/mol. The Balaban J connectivity index is 2.06. The van der Waals surface area contributed by atoms with Crippen LogP contribution in [0.2, 0.25) is 0 Å². The number of aliphatic hydroxyl groups excluding tert-OH is 1. The van der Waals surface area contributed by atoms with Crippen molar-refractivity contribution in [3.8, 4) is 0 Å². The van der Waals surface area contributed by atoms with Crippen LogP contribution < -0.4 is 0 Å². The number of furan rings is 1. The molecule has 2 nitrogen and oxygen atoms in total. The highest BCUT2D eigenvalue weighted by molar-refractivity contribution is 5.35. The second-order valence-electron chi connectivity index (χ2n) is 6.35. The number of rotatable bonds is 0. The standard InChI is InChI=1S/C15H20O2/c1-9-4-10-7-17-8-13(10)14(16)12-6-15(2,3)5-11(9)12/h5,7-9,12,14,16H,4,6H2,1-3H3. The largest absolute Gasteiger partial charge is 0.472 e. The molecule has 0 bridgehead atoms. The predicted molar refractivity (Wildman–Crippen MR) is 66.5 cm³/mol. The van der Waals surface area contributed by atoms with Gasteiger partial charge in [0.15, 0.2) is 0 Å². The first-order valence-electron chi connectivity index (χ1n) is 6.43. The SMILES string of the molecule is CC1Cc2cocc2C(O)C2CC(C)(C)C=C12. The van der Waals surface area contributed by atoms with Gasteiger partial charge in [0, 0.05) is 11.5 Å². The molecule has 2 aliphatic rings.